The number of hydrogen-bond acceptors (Lipinski definition) is 1. The van der Waals surface area contributed by atoms with Crippen molar-refractivity contribution in [3.05, 3.63) is 52.3 Å². The standard InChI is InChI=1S/C12H6Cl2F3N/c13-9-5-10(11(14)18-6-9)7-1-3-8(4-2-7)12(15,16)17/h1-6H. The van der Waals surface area contributed by atoms with Crippen LogP contribution >= 0.6 is 23.2 Å². The molecule has 2 rings (SSSR count). The molecule has 0 amide bonds. The minimum absolute atomic E-state index is 0.194. The highest BCUT2D eigenvalue weighted by Crippen LogP contribution is 2.33. The molecule has 0 aliphatic carbocycles. The van der Waals surface area contributed by atoms with Crippen molar-refractivity contribution in [2.45, 2.75) is 6.18 Å². The second-order valence-electron chi connectivity index (χ2n) is 3.57. The van der Waals surface area contributed by atoms with Crippen LogP contribution in [0.4, 0.5) is 13.2 Å². The molecule has 0 radical (unpaired) electrons. The van der Waals surface area contributed by atoms with Crippen molar-refractivity contribution in [1.29, 1.82) is 0 Å². The predicted molar refractivity (Wildman–Crippen MR) is 64.7 cm³/mol. The fourth-order valence-electron chi connectivity index (χ4n) is 1.46. The van der Waals surface area contributed by atoms with E-state index in [0.29, 0.717) is 16.1 Å². The molecule has 1 aromatic carbocycles. The second kappa shape index (κ2) is 4.78. The molecule has 1 heterocycles. The first-order valence-corrected chi connectivity index (χ1v) is 5.62. The highest BCUT2D eigenvalue weighted by Gasteiger charge is 2.30. The fraction of sp³-hybridized carbons (Fsp3) is 0.0833. The average molecular weight is 292 g/mol. The van der Waals surface area contributed by atoms with Crippen LogP contribution in [-0.2, 0) is 6.18 Å². The summed E-state index contributed by atoms with van der Waals surface area (Å²) in [6, 6.07) is 6.21. The van der Waals surface area contributed by atoms with E-state index in [1.54, 1.807) is 6.07 Å². The molecule has 0 saturated carbocycles. The number of benzene rings is 1. The number of hydrogen-bond donors (Lipinski definition) is 0. The smallest absolute Gasteiger partial charge is 0.242 e. The van der Waals surface area contributed by atoms with Crippen LogP contribution in [0.15, 0.2) is 36.5 Å². The van der Waals surface area contributed by atoms with E-state index in [1.807, 2.05) is 0 Å². The summed E-state index contributed by atoms with van der Waals surface area (Å²) in [5.41, 5.74) is 0.318. The summed E-state index contributed by atoms with van der Waals surface area (Å²) in [6.07, 6.45) is -2.98. The Balaban J connectivity index is 2.43. The maximum Gasteiger partial charge on any atom is 0.416 e. The lowest BCUT2D eigenvalue weighted by Gasteiger charge is -2.08. The van der Waals surface area contributed by atoms with Crippen LogP contribution in [0.1, 0.15) is 5.56 Å². The van der Waals surface area contributed by atoms with Crippen LogP contribution in [-0.4, -0.2) is 4.98 Å². The number of nitrogens with zero attached hydrogens (tertiary/aromatic N) is 1. The first-order valence-electron chi connectivity index (χ1n) is 4.86. The van der Waals surface area contributed by atoms with Gasteiger partial charge in [0.25, 0.3) is 0 Å². The molecular formula is C12H6Cl2F3N. The van der Waals surface area contributed by atoms with E-state index in [-0.39, 0.29) is 5.15 Å². The Kier molecular flexibility index (Phi) is 3.50. The summed E-state index contributed by atoms with van der Waals surface area (Å²) in [6.45, 7) is 0. The molecule has 1 nitrogen and oxygen atoms in total. The molecule has 0 aliphatic heterocycles. The molecule has 0 saturated heterocycles. The van der Waals surface area contributed by atoms with Gasteiger partial charge in [0.2, 0.25) is 0 Å². The van der Waals surface area contributed by atoms with Crippen molar-refractivity contribution in [2.24, 2.45) is 0 Å². The van der Waals surface area contributed by atoms with Gasteiger partial charge in [-0.15, -0.1) is 0 Å². The van der Waals surface area contributed by atoms with Crippen molar-refractivity contribution in [3.63, 3.8) is 0 Å². The van der Waals surface area contributed by atoms with E-state index in [0.717, 1.165) is 12.1 Å². The molecule has 0 aliphatic rings. The number of alkyl halides is 3. The van der Waals surface area contributed by atoms with E-state index >= 15 is 0 Å². The van der Waals surface area contributed by atoms with Gasteiger partial charge in [-0.3, -0.25) is 0 Å². The largest absolute Gasteiger partial charge is 0.416 e. The quantitative estimate of drug-likeness (QED) is 0.668. The van der Waals surface area contributed by atoms with E-state index < -0.39 is 11.7 Å². The third kappa shape index (κ3) is 2.76. The van der Waals surface area contributed by atoms with Crippen LogP contribution in [0.25, 0.3) is 11.1 Å². The highest BCUT2D eigenvalue weighted by atomic mass is 35.5. The number of rotatable bonds is 1. The molecule has 18 heavy (non-hydrogen) atoms. The van der Waals surface area contributed by atoms with Gasteiger partial charge in [-0.05, 0) is 23.8 Å². The van der Waals surface area contributed by atoms with Crippen LogP contribution in [0.5, 0.6) is 0 Å². The van der Waals surface area contributed by atoms with Gasteiger partial charge in [0, 0.05) is 11.8 Å². The maximum atomic E-state index is 12.4. The Labute approximate surface area is 111 Å². The number of halogens is 5. The van der Waals surface area contributed by atoms with Crippen molar-refractivity contribution >= 4 is 23.2 Å². The molecule has 0 fully saturated rings. The third-order valence-electron chi connectivity index (χ3n) is 2.33. The molecule has 2 aromatic rings. The van der Waals surface area contributed by atoms with Gasteiger partial charge in [0.05, 0.1) is 10.6 Å². The minimum atomic E-state index is -4.35. The molecule has 0 atom stereocenters. The van der Waals surface area contributed by atoms with Crippen molar-refractivity contribution in [1.82, 2.24) is 4.98 Å². The van der Waals surface area contributed by atoms with Gasteiger partial charge in [-0.2, -0.15) is 13.2 Å². The summed E-state index contributed by atoms with van der Waals surface area (Å²) < 4.78 is 37.2. The van der Waals surface area contributed by atoms with Gasteiger partial charge < -0.3 is 0 Å². The molecule has 94 valence electrons. The van der Waals surface area contributed by atoms with Crippen molar-refractivity contribution in [3.8, 4) is 11.1 Å². The Bertz CT molecular complexity index is 565. The first-order chi connectivity index (χ1) is 8.38. The summed E-state index contributed by atoms with van der Waals surface area (Å²) in [5.74, 6) is 0. The Morgan fingerprint density at radius 3 is 2.17 bits per heavy atom. The summed E-state index contributed by atoms with van der Waals surface area (Å²) in [5, 5.41) is 0.563. The van der Waals surface area contributed by atoms with E-state index in [1.165, 1.54) is 18.3 Å². The Morgan fingerprint density at radius 1 is 1.00 bits per heavy atom. The van der Waals surface area contributed by atoms with Crippen molar-refractivity contribution < 1.29 is 13.2 Å². The van der Waals surface area contributed by atoms with Crippen molar-refractivity contribution in [2.75, 3.05) is 0 Å². The molecule has 0 bridgehead atoms. The zero-order valence-corrected chi connectivity index (χ0v) is 10.3. The second-order valence-corrected chi connectivity index (χ2v) is 4.36. The van der Waals surface area contributed by atoms with Gasteiger partial charge in [-0.25, -0.2) is 4.98 Å². The van der Waals surface area contributed by atoms with Gasteiger partial charge in [-0.1, -0.05) is 35.3 Å². The predicted octanol–water partition coefficient (Wildman–Crippen LogP) is 5.07. The van der Waals surface area contributed by atoms with Crippen LogP contribution in [0.2, 0.25) is 10.2 Å². The average Bonchev–Trinajstić information content (AvgIpc) is 2.31. The lowest BCUT2D eigenvalue weighted by molar-refractivity contribution is -0.137. The molecular weight excluding hydrogens is 286 g/mol. The summed E-state index contributed by atoms with van der Waals surface area (Å²) in [7, 11) is 0. The molecule has 6 heteroatoms. The van der Waals surface area contributed by atoms with E-state index in [4.69, 9.17) is 23.2 Å². The maximum absolute atomic E-state index is 12.4. The monoisotopic (exact) mass is 291 g/mol. The molecule has 0 unspecified atom stereocenters. The van der Waals surface area contributed by atoms with E-state index in [9.17, 15) is 13.2 Å². The summed E-state index contributed by atoms with van der Waals surface area (Å²) >= 11 is 11.6. The Morgan fingerprint density at radius 2 is 1.61 bits per heavy atom. The van der Waals surface area contributed by atoms with Gasteiger partial charge >= 0.3 is 6.18 Å². The SMILES string of the molecule is FC(F)(F)c1ccc(-c2cc(Cl)cnc2Cl)cc1. The van der Waals surface area contributed by atoms with E-state index in [2.05, 4.69) is 4.98 Å². The lowest BCUT2D eigenvalue weighted by Crippen LogP contribution is -2.04. The minimum Gasteiger partial charge on any atom is -0.242 e. The number of pyridine rings is 1. The lowest BCUT2D eigenvalue weighted by atomic mass is 10.1. The first kappa shape index (κ1) is 13.2. The molecule has 0 N–H and O–H groups in total. The fourth-order valence-corrected chi connectivity index (χ4v) is 1.83. The van der Waals surface area contributed by atoms with Gasteiger partial charge in [0.1, 0.15) is 5.15 Å². The zero-order valence-electron chi connectivity index (χ0n) is 8.80. The Hall–Kier alpha value is -1.26. The topological polar surface area (TPSA) is 12.9 Å². The van der Waals surface area contributed by atoms with Crippen LogP contribution < -0.4 is 0 Å². The zero-order chi connectivity index (χ0) is 13.3. The van der Waals surface area contributed by atoms with Crippen LogP contribution in [0, 0.1) is 0 Å². The molecule has 0 spiro atoms. The highest BCUT2D eigenvalue weighted by molar-refractivity contribution is 6.34. The van der Waals surface area contributed by atoms with Crippen LogP contribution in [0.3, 0.4) is 0 Å². The molecule has 1 aromatic heterocycles. The third-order valence-corrected chi connectivity index (χ3v) is 2.84. The number of aromatic nitrogens is 1. The normalized spacial score (nSPS) is 11.6. The van der Waals surface area contributed by atoms with Gasteiger partial charge in [0.15, 0.2) is 0 Å². The summed E-state index contributed by atoms with van der Waals surface area (Å²) in [4.78, 5) is 3.84.